The van der Waals surface area contributed by atoms with E-state index in [1.165, 1.54) is 0 Å². The van der Waals surface area contributed by atoms with Crippen molar-refractivity contribution < 1.29 is 19.4 Å². The molecule has 0 aliphatic rings. The zero-order chi connectivity index (χ0) is 16.1. The molecule has 0 heterocycles. The third-order valence-corrected chi connectivity index (χ3v) is 3.57. The average molecular weight is 319 g/mol. The van der Waals surface area contributed by atoms with Crippen LogP contribution < -0.4 is 10.1 Å². The summed E-state index contributed by atoms with van der Waals surface area (Å²) in [6.07, 6.45) is 0. The normalized spacial score (nSPS) is 11.9. The highest BCUT2D eigenvalue weighted by Crippen LogP contribution is 2.28. The van der Waals surface area contributed by atoms with Crippen molar-refractivity contribution in [1.29, 1.82) is 0 Å². The van der Waals surface area contributed by atoms with Gasteiger partial charge in [-0.05, 0) is 23.8 Å². The molecule has 0 aromatic heterocycles. The van der Waals surface area contributed by atoms with E-state index in [4.69, 9.17) is 9.84 Å². The Labute approximate surface area is 133 Å². The molecule has 2 aromatic rings. The number of hydrogen-bond acceptors (Lipinski definition) is 4. The van der Waals surface area contributed by atoms with Crippen LogP contribution in [0, 0.1) is 0 Å². The van der Waals surface area contributed by atoms with E-state index in [1.807, 2.05) is 37.3 Å². The number of rotatable bonds is 6. The minimum absolute atomic E-state index is 0.00973. The van der Waals surface area contributed by atoms with Gasteiger partial charge in [0.15, 0.2) is 0 Å². The molecule has 0 spiro atoms. The maximum atomic E-state index is 12.5. The van der Waals surface area contributed by atoms with Crippen molar-refractivity contribution in [3.8, 4) is 5.75 Å². The van der Waals surface area contributed by atoms with Crippen LogP contribution in [-0.2, 0) is 4.79 Å². The summed E-state index contributed by atoms with van der Waals surface area (Å²) in [4.78, 5) is 23.6. The van der Waals surface area contributed by atoms with E-state index in [9.17, 15) is 9.59 Å². The van der Waals surface area contributed by atoms with E-state index >= 15 is 0 Å². The van der Waals surface area contributed by atoms with Crippen molar-refractivity contribution in [1.82, 2.24) is 5.32 Å². The lowest BCUT2D eigenvalue weighted by molar-refractivity contribution is -0.138. The first-order valence-electron chi connectivity index (χ1n) is 6.87. The van der Waals surface area contributed by atoms with E-state index in [1.54, 1.807) is 6.07 Å². The molecular weight excluding hydrogens is 302 g/mol. The molecule has 0 fully saturated rings. The third-order valence-electron chi connectivity index (χ3n) is 3.20. The molecule has 0 aliphatic heterocycles. The number of aliphatic carboxylic acids is 1. The van der Waals surface area contributed by atoms with Crippen molar-refractivity contribution in [3.05, 3.63) is 42.0 Å². The lowest BCUT2D eigenvalue weighted by atomic mass is 10.0. The number of thiol groups is 1. The first-order chi connectivity index (χ1) is 10.6. The number of benzene rings is 2. The largest absolute Gasteiger partial charge is 0.493 e. The number of carbonyl (C=O) groups is 2. The van der Waals surface area contributed by atoms with E-state index in [-0.39, 0.29) is 5.75 Å². The highest BCUT2D eigenvalue weighted by atomic mass is 32.1. The van der Waals surface area contributed by atoms with Gasteiger partial charge in [0.25, 0.3) is 5.91 Å². The van der Waals surface area contributed by atoms with Crippen LogP contribution >= 0.6 is 12.6 Å². The van der Waals surface area contributed by atoms with Gasteiger partial charge in [0.05, 0.1) is 12.2 Å². The second-order valence-electron chi connectivity index (χ2n) is 4.64. The van der Waals surface area contributed by atoms with Crippen molar-refractivity contribution >= 4 is 35.3 Å². The molecule has 6 heteroatoms. The first kappa shape index (κ1) is 16.2. The standard InChI is InChI=1S/C16H17NO4S/c1-2-21-13-8-7-10-5-3-4-6-11(10)14(13)15(18)17-12(9-22)16(19)20/h3-8,12,22H,2,9H2,1H3,(H,17,18)(H,19,20)/t12-/m0/s1. The van der Waals surface area contributed by atoms with Crippen LogP contribution in [0.25, 0.3) is 10.8 Å². The fraction of sp³-hybridized carbons (Fsp3) is 0.250. The zero-order valence-electron chi connectivity index (χ0n) is 12.1. The van der Waals surface area contributed by atoms with Crippen molar-refractivity contribution in [2.24, 2.45) is 0 Å². The summed E-state index contributed by atoms with van der Waals surface area (Å²) in [6, 6.07) is 9.92. The van der Waals surface area contributed by atoms with Gasteiger partial charge in [-0.1, -0.05) is 30.3 Å². The van der Waals surface area contributed by atoms with Crippen LogP contribution in [0.3, 0.4) is 0 Å². The monoisotopic (exact) mass is 319 g/mol. The summed E-state index contributed by atoms with van der Waals surface area (Å²) < 4.78 is 5.51. The molecule has 5 nitrogen and oxygen atoms in total. The summed E-state index contributed by atoms with van der Waals surface area (Å²) in [5.74, 6) is -1.17. The quantitative estimate of drug-likeness (QED) is 0.715. The smallest absolute Gasteiger partial charge is 0.327 e. The topological polar surface area (TPSA) is 75.6 Å². The highest BCUT2D eigenvalue weighted by molar-refractivity contribution is 7.80. The second-order valence-corrected chi connectivity index (χ2v) is 5.00. The molecule has 2 N–H and O–H groups in total. The number of nitrogens with one attached hydrogen (secondary N) is 1. The van der Waals surface area contributed by atoms with E-state index < -0.39 is 17.9 Å². The lowest BCUT2D eigenvalue weighted by Gasteiger charge is -2.16. The first-order valence-corrected chi connectivity index (χ1v) is 7.50. The van der Waals surface area contributed by atoms with Crippen molar-refractivity contribution in [2.75, 3.05) is 12.4 Å². The van der Waals surface area contributed by atoms with Crippen LogP contribution in [0.1, 0.15) is 17.3 Å². The average Bonchev–Trinajstić information content (AvgIpc) is 2.52. The lowest BCUT2D eigenvalue weighted by Crippen LogP contribution is -2.42. The number of hydrogen-bond donors (Lipinski definition) is 3. The predicted octanol–water partition coefficient (Wildman–Crippen LogP) is 2.35. The molecule has 0 bridgehead atoms. The minimum Gasteiger partial charge on any atom is -0.493 e. The Morgan fingerprint density at radius 3 is 2.64 bits per heavy atom. The molecule has 22 heavy (non-hydrogen) atoms. The van der Waals surface area contributed by atoms with Crippen LogP contribution in [0.2, 0.25) is 0 Å². The van der Waals surface area contributed by atoms with Crippen molar-refractivity contribution in [2.45, 2.75) is 13.0 Å². The predicted molar refractivity (Wildman–Crippen MR) is 87.9 cm³/mol. The van der Waals surface area contributed by atoms with Gasteiger partial charge in [-0.15, -0.1) is 0 Å². The summed E-state index contributed by atoms with van der Waals surface area (Å²) in [5.41, 5.74) is 0.341. The van der Waals surface area contributed by atoms with Gasteiger partial charge in [0.2, 0.25) is 0 Å². The molecule has 0 aliphatic carbocycles. The Morgan fingerprint density at radius 2 is 2.00 bits per heavy atom. The number of carboxylic acids is 1. The van der Waals surface area contributed by atoms with Gasteiger partial charge in [-0.3, -0.25) is 4.79 Å². The minimum atomic E-state index is -1.12. The summed E-state index contributed by atoms with van der Waals surface area (Å²) in [5, 5.41) is 13.1. The van der Waals surface area contributed by atoms with Gasteiger partial charge in [-0.25, -0.2) is 4.79 Å². The summed E-state index contributed by atoms with van der Waals surface area (Å²) in [6.45, 7) is 2.23. The van der Waals surface area contributed by atoms with Crippen LogP contribution in [0.15, 0.2) is 36.4 Å². The van der Waals surface area contributed by atoms with Gasteiger partial charge < -0.3 is 15.2 Å². The van der Waals surface area contributed by atoms with Gasteiger partial charge >= 0.3 is 5.97 Å². The SMILES string of the molecule is CCOc1ccc2ccccc2c1C(=O)N[C@@H](CS)C(=O)O. The Hall–Kier alpha value is -2.21. The second kappa shape index (κ2) is 7.17. The number of ether oxygens (including phenoxy) is 1. The Kier molecular flexibility index (Phi) is 5.27. The Morgan fingerprint density at radius 1 is 1.27 bits per heavy atom. The number of carboxylic acid groups (broad SMARTS) is 1. The molecule has 0 radical (unpaired) electrons. The molecule has 0 saturated carbocycles. The fourth-order valence-electron chi connectivity index (χ4n) is 2.18. The summed E-state index contributed by atoms with van der Waals surface area (Å²) >= 11 is 3.96. The van der Waals surface area contributed by atoms with Gasteiger partial charge in [0, 0.05) is 5.75 Å². The number of amides is 1. The van der Waals surface area contributed by atoms with E-state index in [0.717, 1.165) is 5.39 Å². The van der Waals surface area contributed by atoms with Crippen molar-refractivity contribution in [3.63, 3.8) is 0 Å². The molecule has 1 atom stereocenters. The molecule has 0 saturated heterocycles. The third kappa shape index (κ3) is 3.33. The van der Waals surface area contributed by atoms with E-state index in [0.29, 0.717) is 23.3 Å². The maximum Gasteiger partial charge on any atom is 0.327 e. The van der Waals surface area contributed by atoms with Gasteiger partial charge in [0.1, 0.15) is 11.8 Å². The molecule has 116 valence electrons. The molecule has 2 aromatic carbocycles. The van der Waals surface area contributed by atoms with Gasteiger partial charge in [-0.2, -0.15) is 12.6 Å². The Bertz CT molecular complexity index is 702. The molecule has 0 unspecified atom stereocenters. The van der Waals surface area contributed by atoms with E-state index in [2.05, 4.69) is 17.9 Å². The summed E-state index contributed by atoms with van der Waals surface area (Å²) in [7, 11) is 0. The molecular formula is C16H17NO4S. The van der Waals surface area contributed by atoms with Crippen LogP contribution in [-0.4, -0.2) is 35.4 Å². The highest BCUT2D eigenvalue weighted by Gasteiger charge is 2.22. The number of fused-ring (bicyclic) bond motifs is 1. The Balaban J connectivity index is 2.48. The maximum absolute atomic E-state index is 12.5. The fourth-order valence-corrected chi connectivity index (χ4v) is 2.42. The molecule has 2 rings (SSSR count). The number of carbonyl (C=O) groups excluding carboxylic acids is 1. The zero-order valence-corrected chi connectivity index (χ0v) is 13.0. The van der Waals surface area contributed by atoms with Crippen LogP contribution in [0.4, 0.5) is 0 Å². The molecule has 1 amide bonds. The van der Waals surface area contributed by atoms with Crippen LogP contribution in [0.5, 0.6) is 5.75 Å².